The van der Waals surface area contributed by atoms with E-state index >= 15 is 0 Å². The highest BCUT2D eigenvalue weighted by molar-refractivity contribution is 7.98. The van der Waals surface area contributed by atoms with E-state index in [1.165, 1.54) is 11.8 Å². The van der Waals surface area contributed by atoms with E-state index in [0.717, 1.165) is 5.56 Å². The highest BCUT2D eigenvalue weighted by atomic mass is 32.2. The summed E-state index contributed by atoms with van der Waals surface area (Å²) in [6, 6.07) is 4.58. The molecule has 0 aliphatic carbocycles. The van der Waals surface area contributed by atoms with Gasteiger partial charge in [0.25, 0.3) is 0 Å². The van der Waals surface area contributed by atoms with Gasteiger partial charge in [-0.3, -0.25) is 19.2 Å². The van der Waals surface area contributed by atoms with Gasteiger partial charge >= 0.3 is 5.97 Å². The highest BCUT2D eigenvalue weighted by Crippen LogP contribution is 2.09. The van der Waals surface area contributed by atoms with Crippen LogP contribution in [0.2, 0.25) is 0 Å². The first kappa shape index (κ1) is 31.9. The van der Waals surface area contributed by atoms with Gasteiger partial charge in [-0.15, -0.1) is 0 Å². The summed E-state index contributed by atoms with van der Waals surface area (Å²) in [5.74, 6) is -3.42. The highest BCUT2D eigenvalue weighted by Gasteiger charge is 2.31. The normalized spacial score (nSPS) is 14.9. The van der Waals surface area contributed by atoms with Gasteiger partial charge in [0.2, 0.25) is 23.6 Å². The van der Waals surface area contributed by atoms with E-state index in [1.54, 1.807) is 37.3 Å². The van der Waals surface area contributed by atoms with Crippen molar-refractivity contribution in [2.45, 2.75) is 70.1 Å². The summed E-state index contributed by atoms with van der Waals surface area (Å²) in [6.07, 6.45) is 2.49. The summed E-state index contributed by atoms with van der Waals surface area (Å²) in [6.45, 7) is 3.68. The van der Waals surface area contributed by atoms with Gasteiger partial charge in [0, 0.05) is 12.8 Å². The van der Waals surface area contributed by atoms with Crippen LogP contribution in [-0.4, -0.2) is 70.9 Å². The number of carbonyl (C=O) groups is 5. The van der Waals surface area contributed by atoms with Crippen LogP contribution in [-0.2, 0) is 30.4 Å². The van der Waals surface area contributed by atoms with Crippen molar-refractivity contribution in [3.05, 3.63) is 35.9 Å². The first-order chi connectivity index (χ1) is 17.5. The molecule has 0 aliphatic heterocycles. The summed E-state index contributed by atoms with van der Waals surface area (Å²) < 4.78 is 0. The predicted molar refractivity (Wildman–Crippen MR) is 142 cm³/mol. The number of hydrogen-bond donors (Lipinski definition) is 6. The third-order valence-electron chi connectivity index (χ3n) is 6.01. The summed E-state index contributed by atoms with van der Waals surface area (Å²) in [5, 5.41) is 17.2. The molecule has 4 amide bonds. The minimum atomic E-state index is -1.18. The van der Waals surface area contributed by atoms with Crippen LogP contribution in [0.3, 0.4) is 0 Å². The Kier molecular flexibility index (Phi) is 14.3. The van der Waals surface area contributed by atoms with Crippen molar-refractivity contribution < 1.29 is 29.1 Å². The van der Waals surface area contributed by atoms with E-state index in [1.807, 2.05) is 13.2 Å². The van der Waals surface area contributed by atoms with Crippen molar-refractivity contribution in [2.75, 3.05) is 12.0 Å². The topological polar surface area (TPSA) is 194 Å². The Morgan fingerprint density at radius 3 is 2.03 bits per heavy atom. The number of aliphatic carboxylic acids is 1. The number of nitrogens with one attached hydrogen (secondary N) is 3. The summed E-state index contributed by atoms with van der Waals surface area (Å²) in [5.41, 5.74) is 12.0. The minimum Gasteiger partial charge on any atom is -0.480 e. The molecular formula is C25H39N5O6S. The van der Waals surface area contributed by atoms with Gasteiger partial charge in [0.05, 0.1) is 6.04 Å². The van der Waals surface area contributed by atoms with E-state index in [2.05, 4.69) is 16.0 Å². The van der Waals surface area contributed by atoms with E-state index in [9.17, 15) is 29.1 Å². The number of rotatable bonds is 17. The fraction of sp³-hybridized carbons (Fsp3) is 0.560. The van der Waals surface area contributed by atoms with Crippen LogP contribution >= 0.6 is 11.8 Å². The van der Waals surface area contributed by atoms with E-state index < -0.39 is 53.8 Å². The molecular weight excluding hydrogens is 498 g/mol. The van der Waals surface area contributed by atoms with E-state index in [4.69, 9.17) is 11.5 Å². The van der Waals surface area contributed by atoms with Gasteiger partial charge in [-0.2, -0.15) is 11.8 Å². The van der Waals surface area contributed by atoms with Gasteiger partial charge in [0.1, 0.15) is 18.1 Å². The Balaban J connectivity index is 3.14. The molecule has 0 aromatic heterocycles. The molecule has 0 heterocycles. The predicted octanol–water partition coefficient (Wildman–Crippen LogP) is 0.160. The second-order valence-electron chi connectivity index (χ2n) is 8.91. The van der Waals surface area contributed by atoms with Crippen LogP contribution in [0.15, 0.2) is 30.3 Å². The molecule has 206 valence electrons. The standard InChI is InChI=1S/C25H39N5O6S/c1-4-15(2)21(27)24(34)28-17(10-11-20(26)31)22(32)30-19(14-16-8-6-5-7-9-16)23(33)29-18(25(35)36)12-13-37-3/h5-9,15,17-19,21H,4,10-14,27H2,1-3H3,(H2,26,31)(H,28,34)(H,29,33)(H,30,32)(H,35,36). The zero-order chi connectivity index (χ0) is 28.0. The number of nitrogens with two attached hydrogens (primary N) is 2. The van der Waals surface area contributed by atoms with E-state index in [-0.39, 0.29) is 31.6 Å². The molecule has 5 atom stereocenters. The van der Waals surface area contributed by atoms with Crippen LogP contribution in [0.25, 0.3) is 0 Å². The number of benzene rings is 1. The smallest absolute Gasteiger partial charge is 0.326 e. The molecule has 5 unspecified atom stereocenters. The number of carboxylic acids is 1. The van der Waals surface area contributed by atoms with Gasteiger partial charge < -0.3 is 32.5 Å². The Labute approximate surface area is 221 Å². The first-order valence-corrected chi connectivity index (χ1v) is 13.6. The average Bonchev–Trinajstić information content (AvgIpc) is 2.87. The second-order valence-corrected chi connectivity index (χ2v) is 9.89. The Morgan fingerprint density at radius 2 is 1.49 bits per heavy atom. The molecule has 12 heteroatoms. The molecule has 0 aliphatic rings. The number of hydrogen-bond acceptors (Lipinski definition) is 7. The van der Waals surface area contributed by atoms with Crippen LogP contribution in [0.5, 0.6) is 0 Å². The molecule has 1 aromatic carbocycles. The molecule has 8 N–H and O–H groups in total. The number of amides is 4. The van der Waals surface area contributed by atoms with Gasteiger partial charge in [-0.1, -0.05) is 50.6 Å². The Morgan fingerprint density at radius 1 is 0.919 bits per heavy atom. The van der Waals surface area contributed by atoms with Crippen molar-refractivity contribution in [1.82, 2.24) is 16.0 Å². The molecule has 0 spiro atoms. The van der Waals surface area contributed by atoms with Crippen LogP contribution < -0.4 is 27.4 Å². The second kappa shape index (κ2) is 16.6. The average molecular weight is 538 g/mol. The fourth-order valence-electron chi connectivity index (χ4n) is 3.43. The lowest BCUT2D eigenvalue weighted by Gasteiger charge is -2.26. The quantitative estimate of drug-likeness (QED) is 0.162. The maximum Gasteiger partial charge on any atom is 0.326 e. The summed E-state index contributed by atoms with van der Waals surface area (Å²) in [7, 11) is 0. The molecule has 1 rings (SSSR count). The zero-order valence-corrected chi connectivity index (χ0v) is 22.4. The Hall–Kier alpha value is -3.12. The maximum absolute atomic E-state index is 13.2. The fourth-order valence-corrected chi connectivity index (χ4v) is 3.90. The van der Waals surface area contributed by atoms with Crippen molar-refractivity contribution in [3.63, 3.8) is 0 Å². The maximum atomic E-state index is 13.2. The molecule has 0 bridgehead atoms. The summed E-state index contributed by atoms with van der Waals surface area (Å²) >= 11 is 1.45. The number of primary amides is 1. The van der Waals surface area contributed by atoms with Crippen molar-refractivity contribution >= 4 is 41.4 Å². The lowest BCUT2D eigenvalue weighted by molar-refractivity contribution is -0.142. The largest absolute Gasteiger partial charge is 0.480 e. The SMILES string of the molecule is CCC(C)C(N)C(=O)NC(CCC(N)=O)C(=O)NC(Cc1ccccc1)C(=O)NC(CCSC)C(=O)O. The lowest BCUT2D eigenvalue weighted by atomic mass is 9.98. The molecule has 0 radical (unpaired) electrons. The van der Waals surface area contributed by atoms with Crippen LogP contribution in [0, 0.1) is 5.92 Å². The molecule has 0 fully saturated rings. The van der Waals surface area contributed by atoms with Gasteiger partial charge in [-0.25, -0.2) is 4.79 Å². The zero-order valence-electron chi connectivity index (χ0n) is 21.6. The third-order valence-corrected chi connectivity index (χ3v) is 6.66. The Bertz CT molecular complexity index is 916. The molecule has 11 nitrogen and oxygen atoms in total. The van der Waals surface area contributed by atoms with Crippen molar-refractivity contribution in [1.29, 1.82) is 0 Å². The molecule has 0 saturated carbocycles. The number of carbonyl (C=O) groups excluding carboxylic acids is 4. The number of thioether (sulfide) groups is 1. The van der Waals surface area contributed by atoms with Crippen molar-refractivity contribution in [2.24, 2.45) is 17.4 Å². The third kappa shape index (κ3) is 11.6. The molecule has 1 aromatic rings. The van der Waals surface area contributed by atoms with Crippen LogP contribution in [0.1, 0.15) is 45.1 Å². The van der Waals surface area contributed by atoms with Crippen molar-refractivity contribution in [3.8, 4) is 0 Å². The van der Waals surface area contributed by atoms with Crippen LogP contribution in [0.4, 0.5) is 0 Å². The first-order valence-electron chi connectivity index (χ1n) is 12.2. The van der Waals surface area contributed by atoms with Gasteiger partial charge in [-0.05, 0) is 36.3 Å². The van der Waals surface area contributed by atoms with E-state index in [0.29, 0.717) is 12.2 Å². The molecule has 37 heavy (non-hydrogen) atoms. The minimum absolute atomic E-state index is 0.0795. The molecule has 0 saturated heterocycles. The summed E-state index contributed by atoms with van der Waals surface area (Å²) in [4.78, 5) is 62.0. The van der Waals surface area contributed by atoms with Gasteiger partial charge in [0.15, 0.2) is 0 Å². The lowest BCUT2D eigenvalue weighted by Crippen LogP contribution is -2.58. The number of carboxylic acid groups (broad SMARTS) is 1. The monoisotopic (exact) mass is 537 g/mol.